The van der Waals surface area contributed by atoms with E-state index < -0.39 is 0 Å². The quantitative estimate of drug-likeness (QED) is 0.694. The number of amides is 2. The fourth-order valence-corrected chi connectivity index (χ4v) is 3.36. The van der Waals surface area contributed by atoms with E-state index in [1.54, 1.807) is 12.1 Å². The minimum Gasteiger partial charge on any atom is -0.493 e. The maximum absolute atomic E-state index is 13.1. The molecule has 1 aliphatic heterocycles. The first-order chi connectivity index (χ1) is 14.1. The van der Waals surface area contributed by atoms with Crippen LogP contribution >= 0.6 is 12.4 Å². The molecule has 1 saturated heterocycles. The summed E-state index contributed by atoms with van der Waals surface area (Å²) in [6, 6.07) is 12.7. The molecule has 2 amide bonds. The van der Waals surface area contributed by atoms with Crippen molar-refractivity contribution in [1.29, 1.82) is 0 Å². The molecule has 0 aliphatic carbocycles. The van der Waals surface area contributed by atoms with E-state index in [2.05, 4.69) is 10.6 Å². The van der Waals surface area contributed by atoms with E-state index in [1.165, 1.54) is 14.2 Å². The molecule has 7 nitrogen and oxygen atoms in total. The summed E-state index contributed by atoms with van der Waals surface area (Å²) in [6.45, 7) is 1.52. The number of anilines is 2. The van der Waals surface area contributed by atoms with Gasteiger partial charge in [0.1, 0.15) is 0 Å². The largest absolute Gasteiger partial charge is 0.493 e. The number of ether oxygens (including phenoxy) is 2. The van der Waals surface area contributed by atoms with Gasteiger partial charge in [-0.1, -0.05) is 18.2 Å². The molecule has 2 aromatic rings. The van der Waals surface area contributed by atoms with Gasteiger partial charge in [-0.15, -0.1) is 12.4 Å². The lowest BCUT2D eigenvalue weighted by atomic mass is 10.1. The maximum atomic E-state index is 13.1. The first kappa shape index (κ1) is 23.3. The highest BCUT2D eigenvalue weighted by Gasteiger charge is 2.24. The van der Waals surface area contributed by atoms with Crippen molar-refractivity contribution in [3.8, 4) is 11.5 Å². The van der Waals surface area contributed by atoms with Crippen LogP contribution < -0.4 is 20.1 Å². The lowest BCUT2D eigenvalue weighted by Gasteiger charge is -2.28. The molecule has 2 N–H and O–H groups in total. The highest BCUT2D eigenvalue weighted by atomic mass is 35.5. The highest BCUT2D eigenvalue weighted by molar-refractivity contribution is 6.05. The number of nitrogens with one attached hydrogen (secondary N) is 2. The molecule has 1 fully saturated rings. The van der Waals surface area contributed by atoms with Gasteiger partial charge in [-0.2, -0.15) is 0 Å². The van der Waals surface area contributed by atoms with E-state index in [-0.39, 0.29) is 30.8 Å². The zero-order valence-corrected chi connectivity index (χ0v) is 18.1. The number of hydrogen-bond acceptors (Lipinski definition) is 5. The number of likely N-dealkylation sites (tertiary alicyclic amines) is 1. The molecule has 1 aliphatic rings. The van der Waals surface area contributed by atoms with Crippen molar-refractivity contribution in [1.82, 2.24) is 4.90 Å². The van der Waals surface area contributed by atoms with E-state index >= 15 is 0 Å². The van der Waals surface area contributed by atoms with Gasteiger partial charge in [0.25, 0.3) is 5.91 Å². The number of halogens is 1. The zero-order valence-electron chi connectivity index (χ0n) is 17.3. The van der Waals surface area contributed by atoms with Crippen LogP contribution in [0.5, 0.6) is 11.5 Å². The minimum absolute atomic E-state index is 0. The van der Waals surface area contributed by atoms with E-state index in [1.807, 2.05) is 35.2 Å². The molecule has 0 atom stereocenters. The Balaban J connectivity index is 0.00000320. The first-order valence-corrected chi connectivity index (χ1v) is 9.76. The summed E-state index contributed by atoms with van der Waals surface area (Å²) in [7, 11) is 3.04. The van der Waals surface area contributed by atoms with E-state index in [4.69, 9.17) is 9.47 Å². The third-order valence-corrected chi connectivity index (χ3v) is 4.90. The molecule has 0 bridgehead atoms. The van der Waals surface area contributed by atoms with Gasteiger partial charge in [0.15, 0.2) is 11.5 Å². The van der Waals surface area contributed by atoms with Gasteiger partial charge in [0.2, 0.25) is 5.91 Å². The Morgan fingerprint density at radius 2 is 1.60 bits per heavy atom. The van der Waals surface area contributed by atoms with Crippen LogP contribution in [-0.2, 0) is 4.79 Å². The molecule has 0 spiro atoms. The topological polar surface area (TPSA) is 79.9 Å². The van der Waals surface area contributed by atoms with Crippen LogP contribution in [-0.4, -0.2) is 50.6 Å². The number of carbonyl (C=O) groups excluding carboxylic acids is 2. The number of hydrogen-bond donors (Lipinski definition) is 2. The lowest BCUT2D eigenvalue weighted by Crippen LogP contribution is -2.36. The summed E-state index contributed by atoms with van der Waals surface area (Å²) < 4.78 is 10.7. The van der Waals surface area contributed by atoms with Gasteiger partial charge < -0.3 is 25.0 Å². The molecule has 3 rings (SSSR count). The third kappa shape index (κ3) is 5.79. The Hall–Kier alpha value is -2.93. The van der Waals surface area contributed by atoms with Crippen LogP contribution in [0.1, 0.15) is 29.6 Å². The summed E-state index contributed by atoms with van der Waals surface area (Å²) in [5.41, 5.74) is 1.66. The second-order valence-corrected chi connectivity index (χ2v) is 6.87. The summed E-state index contributed by atoms with van der Waals surface area (Å²) in [6.07, 6.45) is 3.11. The van der Waals surface area contributed by atoms with Gasteiger partial charge in [-0.05, 0) is 37.5 Å². The van der Waals surface area contributed by atoms with Crippen molar-refractivity contribution in [2.45, 2.75) is 19.3 Å². The number of rotatable bonds is 7. The van der Waals surface area contributed by atoms with Crippen molar-refractivity contribution in [2.24, 2.45) is 0 Å². The van der Waals surface area contributed by atoms with Crippen molar-refractivity contribution in [2.75, 3.05) is 44.5 Å². The third-order valence-electron chi connectivity index (χ3n) is 4.90. The number of benzene rings is 2. The van der Waals surface area contributed by atoms with Crippen molar-refractivity contribution < 1.29 is 19.1 Å². The lowest BCUT2D eigenvalue weighted by molar-refractivity contribution is -0.114. The van der Waals surface area contributed by atoms with Crippen molar-refractivity contribution in [3.63, 3.8) is 0 Å². The van der Waals surface area contributed by atoms with Gasteiger partial charge in [0.05, 0.1) is 32.0 Å². The number of methoxy groups -OCH3 is 2. The van der Waals surface area contributed by atoms with Crippen LogP contribution in [0.3, 0.4) is 0 Å². The normalized spacial score (nSPS) is 13.1. The van der Waals surface area contributed by atoms with Gasteiger partial charge in [-0.3, -0.25) is 9.59 Å². The average molecular weight is 434 g/mol. The fraction of sp³-hybridized carbons (Fsp3) is 0.364. The predicted molar refractivity (Wildman–Crippen MR) is 120 cm³/mol. The van der Waals surface area contributed by atoms with Gasteiger partial charge in [-0.25, -0.2) is 0 Å². The van der Waals surface area contributed by atoms with Crippen LogP contribution in [0.15, 0.2) is 42.5 Å². The molecule has 0 saturated carbocycles. The molecular weight excluding hydrogens is 406 g/mol. The van der Waals surface area contributed by atoms with Gasteiger partial charge >= 0.3 is 0 Å². The van der Waals surface area contributed by atoms with Crippen LogP contribution in [0.25, 0.3) is 0 Å². The van der Waals surface area contributed by atoms with Crippen LogP contribution in [0.2, 0.25) is 0 Å². The second-order valence-electron chi connectivity index (χ2n) is 6.87. The molecule has 2 aromatic carbocycles. The van der Waals surface area contributed by atoms with Crippen LogP contribution in [0.4, 0.5) is 11.4 Å². The smallest absolute Gasteiger partial charge is 0.256 e. The first-order valence-electron chi connectivity index (χ1n) is 9.76. The summed E-state index contributed by atoms with van der Waals surface area (Å²) in [5, 5.41) is 5.91. The molecule has 0 unspecified atom stereocenters. The molecule has 0 radical (unpaired) electrons. The van der Waals surface area contributed by atoms with Crippen molar-refractivity contribution >= 4 is 35.6 Å². The number of nitrogens with zero attached hydrogens (tertiary/aromatic N) is 1. The van der Waals surface area contributed by atoms with E-state index in [9.17, 15) is 9.59 Å². The SMILES string of the molecule is COc1cc(NC(=O)CNc2ccccc2)c(C(=O)N2CCCCC2)cc1OC.Cl. The fourth-order valence-electron chi connectivity index (χ4n) is 3.36. The Morgan fingerprint density at radius 3 is 2.23 bits per heavy atom. The van der Waals surface area contributed by atoms with Gasteiger partial charge in [0, 0.05) is 24.8 Å². The summed E-state index contributed by atoms with van der Waals surface area (Å²) in [5.74, 6) is 0.535. The minimum atomic E-state index is -0.256. The number of piperidine rings is 1. The van der Waals surface area contributed by atoms with E-state index in [0.29, 0.717) is 22.7 Å². The molecule has 1 heterocycles. The Kier molecular flexibility index (Phi) is 8.80. The monoisotopic (exact) mass is 433 g/mol. The van der Waals surface area contributed by atoms with Crippen LogP contribution in [0, 0.1) is 0 Å². The predicted octanol–water partition coefficient (Wildman–Crippen LogP) is 3.80. The standard InChI is InChI=1S/C22H27N3O4.ClH/c1-28-19-13-17(22(27)25-11-7-4-8-12-25)18(14-20(19)29-2)24-21(26)15-23-16-9-5-3-6-10-16;/h3,5-6,9-10,13-14,23H,4,7-8,11-12,15H2,1-2H3,(H,24,26);1H. The highest BCUT2D eigenvalue weighted by Crippen LogP contribution is 2.34. The summed E-state index contributed by atoms with van der Waals surface area (Å²) >= 11 is 0. The average Bonchev–Trinajstić information content (AvgIpc) is 2.78. The second kappa shape index (κ2) is 11.3. The summed E-state index contributed by atoms with van der Waals surface area (Å²) in [4.78, 5) is 27.5. The Labute approximate surface area is 183 Å². The Bertz CT molecular complexity index is 855. The molecule has 8 heteroatoms. The van der Waals surface area contributed by atoms with E-state index in [0.717, 1.165) is 38.0 Å². The molecule has 0 aromatic heterocycles. The Morgan fingerprint density at radius 1 is 0.967 bits per heavy atom. The number of carbonyl (C=O) groups is 2. The maximum Gasteiger partial charge on any atom is 0.256 e. The molecule has 162 valence electrons. The van der Waals surface area contributed by atoms with Crippen molar-refractivity contribution in [3.05, 3.63) is 48.0 Å². The molecular formula is C22H28ClN3O4. The molecule has 30 heavy (non-hydrogen) atoms. The zero-order chi connectivity index (χ0) is 20.6. The number of para-hydroxylation sites is 1.